The average Bonchev–Trinajstić information content (AvgIpc) is 3.35. The smallest absolute Gasteiger partial charge is 0.123 e. The molecule has 1 aliphatic heterocycles. The molecule has 0 fully saturated rings. The number of benzene rings is 3. The lowest BCUT2D eigenvalue weighted by Gasteiger charge is -2.28. The Morgan fingerprint density at radius 2 is 1.14 bits per heavy atom. The zero-order valence-corrected chi connectivity index (χ0v) is 20.6. The largest absolute Gasteiger partial charge is 0.497 e. The summed E-state index contributed by atoms with van der Waals surface area (Å²) >= 11 is 0. The van der Waals surface area contributed by atoms with Crippen molar-refractivity contribution in [3.63, 3.8) is 0 Å². The van der Waals surface area contributed by atoms with Crippen LogP contribution < -0.4 is 34.1 Å². The standard InChI is InChI=1S/C28H30N2O5/c1-31-23-10-8-22(9-11-23)30-28(20-14-26(34-4)18-27(15-20)35-5)16-21(29-30)7-6-19-12-24(32-2)17-25(13-19)33-3/h6-18,28-29H,1-5H3. The lowest BCUT2D eigenvalue weighted by atomic mass is 10.0. The fraction of sp³-hybridized carbons (Fsp3) is 0.214. The van der Waals surface area contributed by atoms with Crippen LogP contribution in [-0.2, 0) is 0 Å². The minimum atomic E-state index is -0.105. The van der Waals surface area contributed by atoms with Gasteiger partial charge in [-0.2, -0.15) is 0 Å². The zero-order valence-electron chi connectivity index (χ0n) is 20.6. The number of nitrogens with one attached hydrogen (secondary N) is 1. The maximum absolute atomic E-state index is 5.51. The predicted molar refractivity (Wildman–Crippen MR) is 138 cm³/mol. The van der Waals surface area contributed by atoms with Gasteiger partial charge in [-0.25, -0.2) is 0 Å². The molecule has 4 rings (SSSR count). The van der Waals surface area contributed by atoms with Crippen molar-refractivity contribution in [2.45, 2.75) is 6.04 Å². The van der Waals surface area contributed by atoms with Gasteiger partial charge in [-0.15, -0.1) is 0 Å². The van der Waals surface area contributed by atoms with Crippen molar-refractivity contribution < 1.29 is 23.7 Å². The molecule has 0 radical (unpaired) electrons. The van der Waals surface area contributed by atoms with E-state index in [0.29, 0.717) is 0 Å². The van der Waals surface area contributed by atoms with Gasteiger partial charge >= 0.3 is 0 Å². The van der Waals surface area contributed by atoms with Crippen LogP contribution in [0.3, 0.4) is 0 Å². The Balaban J connectivity index is 1.70. The highest BCUT2D eigenvalue weighted by atomic mass is 16.5. The number of hydrazine groups is 1. The van der Waals surface area contributed by atoms with Crippen molar-refractivity contribution in [2.75, 3.05) is 40.6 Å². The average molecular weight is 475 g/mol. The molecule has 0 aromatic heterocycles. The molecule has 35 heavy (non-hydrogen) atoms. The van der Waals surface area contributed by atoms with Gasteiger partial charge in [0.2, 0.25) is 0 Å². The summed E-state index contributed by atoms with van der Waals surface area (Å²) in [6, 6.07) is 19.5. The number of rotatable bonds is 9. The van der Waals surface area contributed by atoms with E-state index >= 15 is 0 Å². The molecule has 0 amide bonds. The minimum Gasteiger partial charge on any atom is -0.497 e. The number of hydrogen-bond donors (Lipinski definition) is 1. The molecule has 0 aliphatic carbocycles. The van der Waals surface area contributed by atoms with Gasteiger partial charge in [0.05, 0.1) is 53.0 Å². The fourth-order valence-electron chi connectivity index (χ4n) is 3.91. The van der Waals surface area contributed by atoms with E-state index in [1.165, 1.54) is 0 Å². The third-order valence-electron chi connectivity index (χ3n) is 5.76. The summed E-state index contributed by atoms with van der Waals surface area (Å²) < 4.78 is 27.1. The Kier molecular flexibility index (Phi) is 7.35. The molecule has 1 unspecified atom stereocenters. The first-order valence-electron chi connectivity index (χ1n) is 11.1. The van der Waals surface area contributed by atoms with Crippen LogP contribution in [0.25, 0.3) is 6.08 Å². The highest BCUT2D eigenvalue weighted by Gasteiger charge is 2.26. The van der Waals surface area contributed by atoms with Crippen LogP contribution in [0.4, 0.5) is 5.69 Å². The SMILES string of the molecule is COc1ccc(N2NC(C=Cc3cc(OC)cc(OC)c3)=CC2c2cc(OC)cc(OC)c2)cc1. The van der Waals surface area contributed by atoms with E-state index < -0.39 is 0 Å². The molecule has 0 spiro atoms. The Labute approximate surface area is 206 Å². The van der Waals surface area contributed by atoms with E-state index in [1.807, 2.05) is 72.8 Å². The number of methoxy groups -OCH3 is 5. The number of hydrogen-bond acceptors (Lipinski definition) is 7. The van der Waals surface area contributed by atoms with Gasteiger partial charge in [0, 0.05) is 12.1 Å². The molecule has 3 aromatic rings. The van der Waals surface area contributed by atoms with Gasteiger partial charge in [0.1, 0.15) is 28.7 Å². The second-order valence-electron chi connectivity index (χ2n) is 7.87. The fourth-order valence-corrected chi connectivity index (χ4v) is 3.91. The summed E-state index contributed by atoms with van der Waals surface area (Å²) in [5.74, 6) is 3.73. The van der Waals surface area contributed by atoms with Crippen molar-refractivity contribution in [3.05, 3.63) is 89.6 Å². The molecule has 0 saturated carbocycles. The number of nitrogens with zero attached hydrogens (tertiary/aromatic N) is 1. The van der Waals surface area contributed by atoms with Crippen LogP contribution in [0.5, 0.6) is 28.7 Å². The number of allylic oxidation sites excluding steroid dienone is 1. The van der Waals surface area contributed by atoms with Crippen LogP contribution >= 0.6 is 0 Å². The van der Waals surface area contributed by atoms with Crippen LogP contribution in [0.1, 0.15) is 17.2 Å². The normalized spacial score (nSPS) is 14.9. The summed E-state index contributed by atoms with van der Waals surface area (Å²) in [7, 11) is 8.25. The molecule has 0 bridgehead atoms. The molecule has 1 aliphatic rings. The second kappa shape index (κ2) is 10.8. The maximum atomic E-state index is 5.51. The first-order chi connectivity index (χ1) is 17.1. The lowest BCUT2D eigenvalue weighted by molar-refractivity contribution is 0.393. The van der Waals surface area contributed by atoms with Crippen molar-refractivity contribution in [1.82, 2.24) is 5.43 Å². The van der Waals surface area contributed by atoms with E-state index in [-0.39, 0.29) is 6.04 Å². The van der Waals surface area contributed by atoms with Crippen molar-refractivity contribution in [2.24, 2.45) is 0 Å². The summed E-state index contributed by atoms with van der Waals surface area (Å²) in [5.41, 5.74) is 7.43. The maximum Gasteiger partial charge on any atom is 0.123 e. The molecular weight excluding hydrogens is 444 g/mol. The molecule has 3 aromatic carbocycles. The van der Waals surface area contributed by atoms with Crippen LogP contribution in [0.2, 0.25) is 0 Å². The van der Waals surface area contributed by atoms with Gasteiger partial charge in [-0.1, -0.05) is 6.08 Å². The van der Waals surface area contributed by atoms with E-state index in [0.717, 1.165) is 51.3 Å². The molecule has 182 valence electrons. The molecule has 1 heterocycles. The van der Waals surface area contributed by atoms with E-state index in [4.69, 9.17) is 23.7 Å². The number of anilines is 1. The van der Waals surface area contributed by atoms with Gasteiger partial charge in [-0.3, -0.25) is 10.4 Å². The zero-order chi connectivity index (χ0) is 24.8. The Hall–Kier alpha value is -4.26. The first-order valence-corrected chi connectivity index (χ1v) is 11.1. The lowest BCUT2D eigenvalue weighted by Crippen LogP contribution is -2.34. The Morgan fingerprint density at radius 1 is 0.629 bits per heavy atom. The Morgan fingerprint density at radius 3 is 1.66 bits per heavy atom. The monoisotopic (exact) mass is 474 g/mol. The minimum absolute atomic E-state index is 0.105. The van der Waals surface area contributed by atoms with Crippen LogP contribution in [-0.4, -0.2) is 35.5 Å². The summed E-state index contributed by atoms with van der Waals surface area (Å²) in [4.78, 5) is 0. The van der Waals surface area contributed by atoms with Gasteiger partial charge < -0.3 is 23.7 Å². The first kappa shape index (κ1) is 23.9. The van der Waals surface area contributed by atoms with E-state index in [2.05, 4.69) is 16.5 Å². The van der Waals surface area contributed by atoms with Gasteiger partial charge in [0.15, 0.2) is 0 Å². The van der Waals surface area contributed by atoms with Crippen LogP contribution in [0, 0.1) is 0 Å². The highest BCUT2D eigenvalue weighted by Crippen LogP contribution is 2.36. The molecule has 1 N–H and O–H groups in total. The third-order valence-corrected chi connectivity index (χ3v) is 5.76. The third kappa shape index (κ3) is 5.46. The summed E-state index contributed by atoms with van der Waals surface area (Å²) in [6.45, 7) is 0. The van der Waals surface area contributed by atoms with E-state index in [1.54, 1.807) is 35.5 Å². The van der Waals surface area contributed by atoms with Crippen LogP contribution in [0.15, 0.2) is 78.5 Å². The molecular formula is C28H30N2O5. The second-order valence-corrected chi connectivity index (χ2v) is 7.87. The molecule has 0 saturated heterocycles. The number of ether oxygens (including phenoxy) is 5. The van der Waals surface area contributed by atoms with Gasteiger partial charge in [-0.05, 0) is 71.8 Å². The molecule has 1 atom stereocenters. The van der Waals surface area contributed by atoms with Crippen molar-refractivity contribution >= 4 is 11.8 Å². The van der Waals surface area contributed by atoms with Crippen molar-refractivity contribution in [1.29, 1.82) is 0 Å². The summed E-state index contributed by atoms with van der Waals surface area (Å²) in [5, 5.41) is 2.10. The van der Waals surface area contributed by atoms with Crippen molar-refractivity contribution in [3.8, 4) is 28.7 Å². The predicted octanol–water partition coefficient (Wildman–Crippen LogP) is 5.39. The summed E-state index contributed by atoms with van der Waals surface area (Å²) in [6.07, 6.45) is 6.21. The molecule has 7 heteroatoms. The van der Waals surface area contributed by atoms with E-state index in [9.17, 15) is 0 Å². The molecule has 7 nitrogen and oxygen atoms in total. The highest BCUT2D eigenvalue weighted by molar-refractivity contribution is 5.61. The van der Waals surface area contributed by atoms with Gasteiger partial charge in [0.25, 0.3) is 0 Å². The Bertz CT molecular complexity index is 1180. The quantitative estimate of drug-likeness (QED) is 0.446. The topological polar surface area (TPSA) is 61.4 Å².